The summed E-state index contributed by atoms with van der Waals surface area (Å²) in [5, 5.41) is 20.1. The van der Waals surface area contributed by atoms with Crippen LogP contribution in [0.3, 0.4) is 0 Å². The van der Waals surface area contributed by atoms with Crippen molar-refractivity contribution in [1.29, 1.82) is 0 Å². The number of phenolic OH excluding ortho intramolecular Hbond substituents is 1. The summed E-state index contributed by atoms with van der Waals surface area (Å²) in [6, 6.07) is 15.5. The number of anilines is 1. The van der Waals surface area contributed by atoms with Crippen LogP contribution >= 0.6 is 22.7 Å². The highest BCUT2D eigenvalue weighted by molar-refractivity contribution is 7.12. The van der Waals surface area contributed by atoms with Gasteiger partial charge in [0.1, 0.15) is 5.75 Å². The van der Waals surface area contributed by atoms with Crippen molar-refractivity contribution in [3.05, 3.63) is 69.0 Å². The lowest BCUT2D eigenvalue weighted by atomic mass is 10.1. The largest absolute Gasteiger partial charge is 0.508 e. The molecule has 1 saturated heterocycles. The zero-order valence-electron chi connectivity index (χ0n) is 17.1. The summed E-state index contributed by atoms with van der Waals surface area (Å²) < 4.78 is 0. The molecule has 1 N–H and O–H groups in total. The summed E-state index contributed by atoms with van der Waals surface area (Å²) in [5.74, 6) is 0.337. The number of carbonyl (C=O) groups excluding carboxylic acids is 1. The molecule has 6 nitrogen and oxygen atoms in total. The van der Waals surface area contributed by atoms with Gasteiger partial charge in [0.05, 0.1) is 23.2 Å². The molecular weight excluding hydrogens is 428 g/mol. The third-order valence-corrected chi connectivity index (χ3v) is 7.68. The number of phenols is 1. The maximum Gasteiger partial charge on any atom is 0.257 e. The Hall–Kier alpha value is -2.68. The van der Waals surface area contributed by atoms with Crippen molar-refractivity contribution in [2.75, 3.05) is 37.6 Å². The number of hydrogen-bond donors (Lipinski definition) is 1. The predicted molar refractivity (Wildman–Crippen MR) is 126 cm³/mol. The van der Waals surface area contributed by atoms with Crippen LogP contribution in [0.5, 0.6) is 5.75 Å². The minimum Gasteiger partial charge on any atom is -0.508 e. The molecule has 31 heavy (non-hydrogen) atoms. The van der Waals surface area contributed by atoms with Crippen LogP contribution in [0.25, 0.3) is 0 Å². The molecule has 5 rings (SSSR count). The summed E-state index contributed by atoms with van der Waals surface area (Å²) in [6.07, 6.45) is 0.765. The molecule has 2 aromatic heterocycles. The molecule has 8 heteroatoms. The van der Waals surface area contributed by atoms with Gasteiger partial charge in [0.25, 0.3) is 5.91 Å². The van der Waals surface area contributed by atoms with Crippen LogP contribution < -0.4 is 4.90 Å². The third kappa shape index (κ3) is 4.37. The van der Waals surface area contributed by atoms with Crippen LogP contribution in [0.4, 0.5) is 5.69 Å². The van der Waals surface area contributed by atoms with Crippen LogP contribution in [0, 0.1) is 0 Å². The molecule has 2 aliphatic heterocycles. The van der Waals surface area contributed by atoms with Crippen molar-refractivity contribution in [3.63, 3.8) is 0 Å². The fourth-order valence-electron chi connectivity index (χ4n) is 4.13. The topological polar surface area (TPSA) is 59.4 Å². The SMILES string of the molecule is O=C(CN1CCN(c2ccc(O)cc2)CC1)N1N=C(c2cccs2)C[C@H]1c1cccs1. The van der Waals surface area contributed by atoms with E-state index in [1.807, 2.05) is 24.3 Å². The highest BCUT2D eigenvalue weighted by Crippen LogP contribution is 2.36. The van der Waals surface area contributed by atoms with E-state index >= 15 is 0 Å². The number of rotatable bonds is 5. The number of hydrazone groups is 1. The fourth-order valence-corrected chi connectivity index (χ4v) is 5.66. The van der Waals surface area contributed by atoms with Crippen molar-refractivity contribution >= 4 is 40.0 Å². The molecule has 0 unspecified atom stereocenters. The normalized spacial score (nSPS) is 19.6. The third-order valence-electron chi connectivity index (χ3n) is 5.79. The lowest BCUT2D eigenvalue weighted by Gasteiger charge is -2.36. The van der Waals surface area contributed by atoms with Gasteiger partial charge in [0, 0.05) is 43.2 Å². The second kappa shape index (κ2) is 8.82. The molecule has 0 radical (unpaired) electrons. The van der Waals surface area contributed by atoms with Crippen molar-refractivity contribution in [2.45, 2.75) is 12.5 Å². The lowest BCUT2D eigenvalue weighted by Crippen LogP contribution is -2.49. The zero-order valence-corrected chi connectivity index (χ0v) is 18.7. The summed E-state index contributed by atoms with van der Waals surface area (Å²) in [7, 11) is 0. The minimum absolute atomic E-state index is 0.0112. The molecule has 1 fully saturated rings. The minimum atomic E-state index is -0.0112. The lowest BCUT2D eigenvalue weighted by molar-refractivity contribution is -0.134. The Morgan fingerprint density at radius 3 is 2.42 bits per heavy atom. The first-order valence-electron chi connectivity index (χ1n) is 10.4. The highest BCUT2D eigenvalue weighted by Gasteiger charge is 2.35. The van der Waals surface area contributed by atoms with E-state index in [0.717, 1.165) is 48.9 Å². The predicted octanol–water partition coefficient (Wildman–Crippen LogP) is 4.02. The molecule has 0 aliphatic carbocycles. The van der Waals surface area contributed by atoms with Gasteiger partial charge in [0.2, 0.25) is 0 Å². The molecule has 160 valence electrons. The molecule has 3 aromatic rings. The van der Waals surface area contributed by atoms with E-state index in [1.165, 1.54) is 4.88 Å². The molecule has 1 amide bonds. The Bertz CT molecular complexity index is 1040. The Morgan fingerprint density at radius 1 is 1.00 bits per heavy atom. The van der Waals surface area contributed by atoms with Gasteiger partial charge < -0.3 is 10.0 Å². The first-order chi connectivity index (χ1) is 15.2. The van der Waals surface area contributed by atoms with E-state index in [1.54, 1.807) is 39.8 Å². The van der Waals surface area contributed by atoms with Crippen LogP contribution in [0.1, 0.15) is 22.2 Å². The van der Waals surface area contributed by atoms with E-state index in [9.17, 15) is 9.90 Å². The molecular formula is C23H24N4O2S2. The van der Waals surface area contributed by atoms with Crippen molar-refractivity contribution in [3.8, 4) is 5.75 Å². The van der Waals surface area contributed by atoms with Gasteiger partial charge >= 0.3 is 0 Å². The number of nitrogens with zero attached hydrogens (tertiary/aromatic N) is 4. The van der Waals surface area contributed by atoms with Crippen LogP contribution in [-0.2, 0) is 4.79 Å². The smallest absolute Gasteiger partial charge is 0.257 e. The van der Waals surface area contributed by atoms with E-state index < -0.39 is 0 Å². The van der Waals surface area contributed by atoms with Crippen LogP contribution in [0.2, 0.25) is 0 Å². The number of piperazine rings is 1. The second-order valence-electron chi connectivity index (χ2n) is 7.78. The van der Waals surface area contributed by atoms with Gasteiger partial charge in [-0.3, -0.25) is 9.69 Å². The standard InChI is InChI=1S/C23H24N4O2S2/c28-18-7-5-17(6-8-18)26-11-9-25(10-12-26)16-23(29)27-20(22-4-2-14-31-22)15-19(24-27)21-3-1-13-30-21/h1-8,13-14,20,28H,9-12,15-16H2/t20-/m0/s1. The first-order valence-corrected chi connectivity index (χ1v) is 12.2. The van der Waals surface area contributed by atoms with E-state index in [2.05, 4.69) is 32.7 Å². The van der Waals surface area contributed by atoms with Gasteiger partial charge in [-0.25, -0.2) is 5.01 Å². The number of benzene rings is 1. The van der Waals surface area contributed by atoms with E-state index in [4.69, 9.17) is 5.10 Å². The second-order valence-corrected chi connectivity index (χ2v) is 9.70. The van der Waals surface area contributed by atoms with Crippen molar-refractivity contribution in [2.24, 2.45) is 5.10 Å². The zero-order chi connectivity index (χ0) is 21.2. The molecule has 0 spiro atoms. The van der Waals surface area contributed by atoms with Gasteiger partial charge in [-0.05, 0) is 47.2 Å². The van der Waals surface area contributed by atoms with E-state index in [-0.39, 0.29) is 17.7 Å². The number of thiophene rings is 2. The molecule has 1 aromatic carbocycles. The Kier molecular flexibility index (Phi) is 5.76. The maximum absolute atomic E-state index is 13.3. The van der Waals surface area contributed by atoms with Gasteiger partial charge in [0.15, 0.2) is 0 Å². The number of amides is 1. The number of aromatic hydroxyl groups is 1. The van der Waals surface area contributed by atoms with Crippen molar-refractivity contribution < 1.29 is 9.90 Å². The molecule has 2 aliphatic rings. The quantitative estimate of drug-likeness (QED) is 0.635. The summed E-state index contributed by atoms with van der Waals surface area (Å²) in [4.78, 5) is 20.1. The maximum atomic E-state index is 13.3. The van der Waals surface area contributed by atoms with Crippen LogP contribution in [0.15, 0.2) is 64.4 Å². The fraction of sp³-hybridized carbons (Fsp3) is 0.304. The van der Waals surface area contributed by atoms with Crippen LogP contribution in [-0.4, -0.2) is 59.4 Å². The molecule has 4 heterocycles. The molecule has 0 bridgehead atoms. The highest BCUT2D eigenvalue weighted by atomic mass is 32.1. The van der Waals surface area contributed by atoms with Gasteiger partial charge in [-0.1, -0.05) is 12.1 Å². The Morgan fingerprint density at radius 2 is 1.74 bits per heavy atom. The summed E-state index contributed by atoms with van der Waals surface area (Å²) in [6.45, 7) is 3.75. The Labute approximate surface area is 189 Å². The van der Waals surface area contributed by atoms with Gasteiger partial charge in [-0.15, -0.1) is 22.7 Å². The van der Waals surface area contributed by atoms with Gasteiger partial charge in [-0.2, -0.15) is 5.10 Å². The molecule has 0 saturated carbocycles. The number of carbonyl (C=O) groups is 1. The van der Waals surface area contributed by atoms with E-state index in [0.29, 0.717) is 6.54 Å². The molecule has 1 atom stereocenters. The monoisotopic (exact) mass is 452 g/mol. The summed E-state index contributed by atoms with van der Waals surface area (Å²) >= 11 is 3.35. The average molecular weight is 453 g/mol. The summed E-state index contributed by atoms with van der Waals surface area (Å²) in [5.41, 5.74) is 2.10. The van der Waals surface area contributed by atoms with Crippen molar-refractivity contribution in [1.82, 2.24) is 9.91 Å². The number of hydrogen-bond acceptors (Lipinski definition) is 7. The first kappa shape index (κ1) is 20.2. The average Bonchev–Trinajstić information content (AvgIpc) is 3.56. The Balaban J connectivity index is 1.25.